The molecule has 2 aromatic carbocycles. The number of hydrogen-bond acceptors (Lipinski definition) is 10. The third kappa shape index (κ3) is 6.67. The molecule has 1 aromatic heterocycles. The molecule has 0 amide bonds. The highest BCUT2D eigenvalue weighted by molar-refractivity contribution is 7.97. The van der Waals surface area contributed by atoms with E-state index in [9.17, 15) is 19.3 Å². The van der Waals surface area contributed by atoms with Crippen LogP contribution in [0.4, 0.5) is 26.5 Å². The number of nitro benzene ring substituents is 1. The highest BCUT2D eigenvalue weighted by Gasteiger charge is 2.34. The molecule has 1 aliphatic rings. The molecule has 3 aromatic rings. The van der Waals surface area contributed by atoms with E-state index < -0.39 is 16.9 Å². The van der Waals surface area contributed by atoms with Gasteiger partial charge in [-0.3, -0.25) is 14.8 Å². The van der Waals surface area contributed by atoms with Gasteiger partial charge in [0, 0.05) is 35.5 Å². The smallest absolute Gasteiger partial charge is 0.431 e. The summed E-state index contributed by atoms with van der Waals surface area (Å²) < 4.78 is 27.9. The second-order valence-electron chi connectivity index (χ2n) is 8.49. The Bertz CT molecular complexity index is 1220. The minimum Gasteiger partial charge on any atom is -0.431 e. The molecule has 4 rings (SSSR count). The first-order valence-electron chi connectivity index (χ1n) is 11.2. The fourth-order valence-electron chi connectivity index (χ4n) is 3.41. The first-order chi connectivity index (χ1) is 17.3. The number of nitrogens with zero attached hydrogens (tertiary/aromatic N) is 3. The van der Waals surface area contributed by atoms with Gasteiger partial charge in [0.1, 0.15) is 17.7 Å². The molecule has 1 heterocycles. The number of nitrogens with one attached hydrogen (secondary N) is 2. The lowest BCUT2D eigenvalue weighted by Gasteiger charge is -2.34. The summed E-state index contributed by atoms with van der Waals surface area (Å²) in [5, 5.41) is 13.6. The first-order valence-corrected chi connectivity index (χ1v) is 12.0. The molecule has 10 nitrogen and oxygen atoms in total. The Morgan fingerprint density at radius 1 is 1.17 bits per heavy atom. The summed E-state index contributed by atoms with van der Waals surface area (Å²) in [5.41, 5.74) is 1.06. The van der Waals surface area contributed by atoms with Gasteiger partial charge < -0.3 is 14.8 Å². The fraction of sp³-hybridized carbons (Fsp3) is 0.292. The summed E-state index contributed by atoms with van der Waals surface area (Å²) in [7, 11) is 0. The maximum absolute atomic E-state index is 14.4. The number of non-ortho nitro benzene ring substituents is 1. The number of carbonyl (C=O) groups is 1. The van der Waals surface area contributed by atoms with Crippen molar-refractivity contribution in [2.75, 3.05) is 5.32 Å². The van der Waals surface area contributed by atoms with Gasteiger partial charge >= 0.3 is 6.16 Å². The van der Waals surface area contributed by atoms with Gasteiger partial charge in [-0.25, -0.2) is 19.2 Å². The van der Waals surface area contributed by atoms with Crippen molar-refractivity contribution in [3.8, 4) is 5.75 Å². The number of aromatic nitrogens is 2. The van der Waals surface area contributed by atoms with Gasteiger partial charge in [-0.2, -0.15) is 0 Å². The lowest BCUT2D eigenvalue weighted by atomic mass is 9.78. The number of nitro groups is 1. The van der Waals surface area contributed by atoms with Crippen LogP contribution in [0, 0.1) is 15.9 Å². The quantitative estimate of drug-likeness (QED) is 0.120. The van der Waals surface area contributed by atoms with Crippen LogP contribution in [0.5, 0.6) is 5.75 Å². The van der Waals surface area contributed by atoms with Gasteiger partial charge in [-0.15, -0.1) is 0 Å². The monoisotopic (exact) mass is 513 g/mol. The molecule has 0 saturated heterocycles. The number of rotatable bonds is 9. The minimum absolute atomic E-state index is 0.0993. The number of anilines is 2. The van der Waals surface area contributed by atoms with Crippen molar-refractivity contribution in [2.45, 2.75) is 49.6 Å². The van der Waals surface area contributed by atoms with Crippen LogP contribution in [0.15, 0.2) is 59.8 Å². The van der Waals surface area contributed by atoms with Crippen molar-refractivity contribution in [2.24, 2.45) is 0 Å². The van der Waals surface area contributed by atoms with Gasteiger partial charge in [0.15, 0.2) is 0 Å². The molecular weight excluding hydrogens is 489 g/mol. The predicted molar refractivity (Wildman–Crippen MR) is 132 cm³/mol. The molecule has 12 heteroatoms. The van der Waals surface area contributed by atoms with E-state index in [1.165, 1.54) is 42.3 Å². The number of hydrogen-bond donors (Lipinski definition) is 2. The lowest BCUT2D eigenvalue weighted by Crippen LogP contribution is -2.33. The molecular formula is C24H24FN5O5S. The van der Waals surface area contributed by atoms with E-state index in [0.29, 0.717) is 12.8 Å². The van der Waals surface area contributed by atoms with Crippen LogP contribution in [0.25, 0.3) is 0 Å². The van der Waals surface area contributed by atoms with Crippen LogP contribution in [-0.2, 0) is 4.74 Å². The zero-order valence-corrected chi connectivity index (χ0v) is 20.3. The number of benzene rings is 2. The first kappa shape index (κ1) is 25.3. The molecule has 2 N–H and O–H groups in total. The lowest BCUT2D eigenvalue weighted by molar-refractivity contribution is -0.384. The van der Waals surface area contributed by atoms with Crippen LogP contribution < -0.4 is 14.8 Å². The highest BCUT2D eigenvalue weighted by atomic mass is 32.2. The third-order valence-corrected chi connectivity index (χ3v) is 6.43. The van der Waals surface area contributed by atoms with E-state index in [-0.39, 0.29) is 41.1 Å². The molecule has 0 spiro atoms. The SMILES string of the molecule is CC(C)NSc1ccc(Nc2ncc(C3CC(OC(=O)Oc4ccc([N+](=O)[O-])cc4)C3)cn2)c(F)c1. The topological polar surface area (TPSA) is 129 Å². The van der Waals surface area contributed by atoms with Crippen LogP contribution in [-0.4, -0.2) is 33.2 Å². The molecule has 0 unspecified atom stereocenters. The minimum atomic E-state index is -0.866. The second kappa shape index (κ2) is 11.3. The summed E-state index contributed by atoms with van der Waals surface area (Å²) in [6, 6.07) is 10.3. The Balaban J connectivity index is 1.23. The molecule has 1 fully saturated rings. The van der Waals surface area contributed by atoms with E-state index in [2.05, 4.69) is 20.0 Å². The van der Waals surface area contributed by atoms with E-state index in [4.69, 9.17) is 9.47 Å². The van der Waals surface area contributed by atoms with Gasteiger partial charge in [0.25, 0.3) is 5.69 Å². The van der Waals surface area contributed by atoms with Gasteiger partial charge in [-0.1, -0.05) is 0 Å². The zero-order valence-electron chi connectivity index (χ0n) is 19.5. The Hall–Kier alpha value is -3.77. The molecule has 36 heavy (non-hydrogen) atoms. The number of halogens is 1. The van der Waals surface area contributed by atoms with Crippen LogP contribution in [0.3, 0.4) is 0 Å². The van der Waals surface area contributed by atoms with Gasteiger partial charge in [0.2, 0.25) is 5.95 Å². The van der Waals surface area contributed by atoms with Crippen LogP contribution >= 0.6 is 11.9 Å². The molecule has 0 aliphatic heterocycles. The van der Waals surface area contributed by atoms with Crippen LogP contribution in [0.1, 0.15) is 38.2 Å². The average Bonchev–Trinajstić information content (AvgIpc) is 2.82. The van der Waals surface area contributed by atoms with E-state index in [0.717, 1.165) is 10.5 Å². The molecule has 1 aliphatic carbocycles. The van der Waals surface area contributed by atoms with Gasteiger partial charge in [0.05, 0.1) is 10.6 Å². The summed E-state index contributed by atoms with van der Waals surface area (Å²) in [6.07, 6.45) is 3.33. The standard InChI is InChI=1S/C24H24FN5O5S/c1-14(2)29-36-20-7-8-22(21(25)11-20)28-23-26-12-16(13-27-23)15-9-19(10-15)35-24(31)34-18-5-3-17(4-6-18)30(32)33/h3-8,11-15,19,29H,9-10H2,1-2H3,(H,26,27,28). The van der Waals surface area contributed by atoms with Crippen molar-refractivity contribution in [3.05, 3.63) is 76.4 Å². The second-order valence-corrected chi connectivity index (χ2v) is 9.40. The summed E-state index contributed by atoms with van der Waals surface area (Å²) >= 11 is 1.37. The Kier molecular flexibility index (Phi) is 7.96. The number of carbonyl (C=O) groups excluding carboxylic acids is 1. The van der Waals surface area contributed by atoms with Crippen molar-refractivity contribution in [1.29, 1.82) is 0 Å². The molecule has 0 radical (unpaired) electrons. The van der Waals surface area contributed by atoms with E-state index >= 15 is 0 Å². The molecule has 188 valence electrons. The van der Waals surface area contributed by atoms with Crippen molar-refractivity contribution < 1.29 is 23.6 Å². The van der Waals surface area contributed by atoms with Gasteiger partial charge in [-0.05, 0) is 80.5 Å². The van der Waals surface area contributed by atoms with E-state index in [1.54, 1.807) is 24.5 Å². The third-order valence-electron chi connectivity index (χ3n) is 5.35. The Morgan fingerprint density at radius 2 is 1.86 bits per heavy atom. The fourth-order valence-corrected chi connectivity index (χ4v) is 4.08. The maximum Gasteiger partial charge on any atom is 0.514 e. The molecule has 0 bridgehead atoms. The average molecular weight is 514 g/mol. The largest absolute Gasteiger partial charge is 0.514 e. The van der Waals surface area contributed by atoms with Crippen molar-refractivity contribution in [1.82, 2.24) is 14.7 Å². The normalized spacial score (nSPS) is 16.8. The summed E-state index contributed by atoms with van der Waals surface area (Å²) in [5.74, 6) is 0.155. The molecule has 1 saturated carbocycles. The highest BCUT2D eigenvalue weighted by Crippen LogP contribution is 2.38. The van der Waals surface area contributed by atoms with E-state index in [1.807, 2.05) is 13.8 Å². The predicted octanol–water partition coefficient (Wildman–Crippen LogP) is 5.73. The summed E-state index contributed by atoms with van der Waals surface area (Å²) in [6.45, 7) is 4.02. The van der Waals surface area contributed by atoms with Crippen LogP contribution in [0.2, 0.25) is 0 Å². The maximum atomic E-state index is 14.4. The Labute approximate surface area is 210 Å². The molecule has 0 atom stereocenters. The zero-order chi connectivity index (χ0) is 25.7. The van der Waals surface area contributed by atoms with Crippen molar-refractivity contribution >= 4 is 35.4 Å². The summed E-state index contributed by atoms with van der Waals surface area (Å²) in [4.78, 5) is 31.4. The Morgan fingerprint density at radius 3 is 2.47 bits per heavy atom. The van der Waals surface area contributed by atoms with Crippen molar-refractivity contribution in [3.63, 3.8) is 0 Å². The number of ether oxygens (including phenoxy) is 2.